The Hall–Kier alpha value is -2.77. The number of hydrogen-bond acceptors (Lipinski definition) is 6. The van der Waals surface area contributed by atoms with Crippen LogP contribution in [0.3, 0.4) is 0 Å². The Kier molecular flexibility index (Phi) is 6.06. The molecule has 2 aromatic rings. The summed E-state index contributed by atoms with van der Waals surface area (Å²) in [5.74, 6) is 0.948. The number of methoxy groups -OCH3 is 2. The van der Waals surface area contributed by atoms with Crippen LogP contribution in [0.25, 0.3) is 0 Å². The Labute approximate surface area is 164 Å². The summed E-state index contributed by atoms with van der Waals surface area (Å²) < 4.78 is 16.4. The number of phenols is 1. The van der Waals surface area contributed by atoms with Gasteiger partial charge in [-0.2, -0.15) is 0 Å². The molecule has 7 heteroatoms. The summed E-state index contributed by atoms with van der Waals surface area (Å²) in [5, 5.41) is 19.8. The molecule has 1 amide bonds. The largest absolute Gasteiger partial charge is 0.508 e. The molecule has 3 rings (SSSR count). The fraction of sp³-hybridized carbons (Fsp3) is 0.381. The number of phenolic OH excluding ortho intramolecular Hbond substituents is 1. The number of morpholine rings is 1. The molecule has 1 aliphatic rings. The molecule has 1 saturated heterocycles. The maximum atomic E-state index is 13.3. The van der Waals surface area contributed by atoms with Crippen molar-refractivity contribution in [3.05, 3.63) is 53.1 Å². The molecule has 1 fully saturated rings. The van der Waals surface area contributed by atoms with Crippen LogP contribution in [0.2, 0.25) is 0 Å². The lowest BCUT2D eigenvalue weighted by atomic mass is 9.96. The molecule has 0 aliphatic carbocycles. The predicted molar refractivity (Wildman–Crippen MR) is 103 cm³/mol. The first-order valence-electron chi connectivity index (χ1n) is 9.05. The summed E-state index contributed by atoms with van der Waals surface area (Å²) in [6.45, 7) is 2.15. The maximum Gasteiger partial charge on any atom is 0.254 e. The van der Waals surface area contributed by atoms with Crippen LogP contribution >= 0.6 is 0 Å². The number of benzene rings is 2. The number of ether oxygens (including phenoxy) is 3. The van der Waals surface area contributed by atoms with Crippen LogP contribution in [0.4, 0.5) is 0 Å². The van der Waals surface area contributed by atoms with Crippen molar-refractivity contribution >= 4 is 5.91 Å². The number of amides is 1. The van der Waals surface area contributed by atoms with E-state index >= 15 is 0 Å². The number of aromatic hydroxyl groups is 1. The normalized spacial score (nSPS) is 19.4. The number of aliphatic hydroxyl groups excluding tert-OH is 1. The Morgan fingerprint density at radius 2 is 1.96 bits per heavy atom. The van der Waals surface area contributed by atoms with Gasteiger partial charge in [-0.1, -0.05) is 12.1 Å². The monoisotopic (exact) mass is 387 g/mol. The van der Waals surface area contributed by atoms with Gasteiger partial charge in [0.25, 0.3) is 5.91 Å². The SMILES string of the molecule is COc1ccc(C2C(CO)OCCN2C(=O)c2cccc(O)c2C)cc1OC. The number of nitrogens with zero attached hydrogens (tertiary/aromatic N) is 1. The molecule has 1 heterocycles. The molecule has 0 bridgehead atoms. The molecule has 2 unspecified atom stereocenters. The Morgan fingerprint density at radius 3 is 2.64 bits per heavy atom. The molecule has 0 radical (unpaired) electrons. The Morgan fingerprint density at radius 1 is 1.21 bits per heavy atom. The highest BCUT2D eigenvalue weighted by molar-refractivity contribution is 5.96. The van der Waals surface area contributed by atoms with E-state index in [-0.39, 0.29) is 18.3 Å². The second-order valence-electron chi connectivity index (χ2n) is 6.60. The average molecular weight is 387 g/mol. The van der Waals surface area contributed by atoms with Gasteiger partial charge >= 0.3 is 0 Å². The van der Waals surface area contributed by atoms with Crippen LogP contribution in [-0.2, 0) is 4.74 Å². The van der Waals surface area contributed by atoms with Crippen molar-refractivity contribution < 1.29 is 29.2 Å². The number of rotatable bonds is 5. The average Bonchev–Trinajstić information content (AvgIpc) is 2.74. The molecule has 2 atom stereocenters. The quantitative estimate of drug-likeness (QED) is 0.818. The zero-order chi connectivity index (χ0) is 20.3. The second-order valence-corrected chi connectivity index (χ2v) is 6.60. The lowest BCUT2D eigenvalue weighted by molar-refractivity contribution is -0.0812. The first-order valence-corrected chi connectivity index (χ1v) is 9.05. The number of carbonyl (C=O) groups is 1. The van der Waals surface area contributed by atoms with Crippen molar-refractivity contribution in [1.29, 1.82) is 0 Å². The van der Waals surface area contributed by atoms with Gasteiger partial charge in [0.05, 0.1) is 33.5 Å². The van der Waals surface area contributed by atoms with Gasteiger partial charge in [0, 0.05) is 17.7 Å². The molecule has 0 aromatic heterocycles. The topological polar surface area (TPSA) is 88.5 Å². The summed E-state index contributed by atoms with van der Waals surface area (Å²) in [4.78, 5) is 15.0. The Bertz CT molecular complexity index is 853. The molecule has 2 aromatic carbocycles. The number of hydrogen-bond donors (Lipinski definition) is 2. The van der Waals surface area contributed by atoms with E-state index in [0.717, 1.165) is 5.56 Å². The summed E-state index contributed by atoms with van der Waals surface area (Å²) in [5.41, 5.74) is 1.71. The van der Waals surface area contributed by atoms with Gasteiger partial charge in [-0.3, -0.25) is 4.79 Å². The van der Waals surface area contributed by atoms with Gasteiger partial charge in [-0.25, -0.2) is 0 Å². The summed E-state index contributed by atoms with van der Waals surface area (Å²) in [6, 6.07) is 9.76. The molecular formula is C21H25NO6. The van der Waals surface area contributed by atoms with Gasteiger partial charge in [-0.15, -0.1) is 0 Å². The maximum absolute atomic E-state index is 13.3. The molecular weight excluding hydrogens is 362 g/mol. The molecule has 2 N–H and O–H groups in total. The zero-order valence-corrected chi connectivity index (χ0v) is 16.2. The zero-order valence-electron chi connectivity index (χ0n) is 16.2. The molecule has 0 saturated carbocycles. The lowest BCUT2D eigenvalue weighted by Gasteiger charge is -2.41. The first kappa shape index (κ1) is 20.0. The van der Waals surface area contributed by atoms with E-state index < -0.39 is 12.1 Å². The smallest absolute Gasteiger partial charge is 0.254 e. The van der Waals surface area contributed by atoms with Crippen LogP contribution in [-0.4, -0.2) is 61.1 Å². The van der Waals surface area contributed by atoms with Crippen molar-refractivity contribution in [1.82, 2.24) is 4.90 Å². The van der Waals surface area contributed by atoms with E-state index in [1.54, 1.807) is 56.4 Å². The third-order valence-corrected chi connectivity index (χ3v) is 5.08. The van der Waals surface area contributed by atoms with Crippen LogP contribution in [0, 0.1) is 6.92 Å². The van der Waals surface area contributed by atoms with Gasteiger partial charge in [0.1, 0.15) is 11.9 Å². The third kappa shape index (κ3) is 3.63. The van der Waals surface area contributed by atoms with Gasteiger partial charge in [-0.05, 0) is 36.8 Å². The highest BCUT2D eigenvalue weighted by Crippen LogP contribution is 2.36. The van der Waals surface area contributed by atoms with E-state index in [2.05, 4.69) is 0 Å². The molecule has 1 aliphatic heterocycles. The van der Waals surface area contributed by atoms with Crippen LogP contribution < -0.4 is 9.47 Å². The molecule has 7 nitrogen and oxygen atoms in total. The highest BCUT2D eigenvalue weighted by Gasteiger charge is 2.37. The van der Waals surface area contributed by atoms with E-state index in [1.807, 2.05) is 6.07 Å². The fourth-order valence-electron chi connectivity index (χ4n) is 3.56. The van der Waals surface area contributed by atoms with Gasteiger partial charge < -0.3 is 29.3 Å². The van der Waals surface area contributed by atoms with E-state index in [4.69, 9.17) is 14.2 Å². The van der Waals surface area contributed by atoms with Crippen LogP contribution in [0.15, 0.2) is 36.4 Å². The fourth-order valence-corrected chi connectivity index (χ4v) is 3.56. The molecule has 0 spiro atoms. The van der Waals surface area contributed by atoms with Crippen molar-refractivity contribution in [3.8, 4) is 17.2 Å². The second kappa shape index (κ2) is 8.50. The standard InChI is InChI=1S/C21H25NO6/c1-13-15(5-4-6-16(13)24)21(25)22-9-10-28-19(12-23)20(22)14-7-8-17(26-2)18(11-14)27-3/h4-8,11,19-20,23-24H,9-10,12H2,1-3H3. The van der Waals surface area contributed by atoms with Crippen LogP contribution in [0.5, 0.6) is 17.2 Å². The number of carbonyl (C=O) groups excluding carboxylic acids is 1. The number of aliphatic hydroxyl groups is 1. The summed E-state index contributed by atoms with van der Waals surface area (Å²) >= 11 is 0. The molecule has 150 valence electrons. The third-order valence-electron chi connectivity index (χ3n) is 5.08. The van der Waals surface area contributed by atoms with E-state index in [0.29, 0.717) is 35.8 Å². The molecule has 28 heavy (non-hydrogen) atoms. The first-order chi connectivity index (χ1) is 13.5. The minimum absolute atomic E-state index is 0.0699. The minimum atomic E-state index is -0.576. The van der Waals surface area contributed by atoms with Crippen LogP contribution in [0.1, 0.15) is 27.5 Å². The van der Waals surface area contributed by atoms with E-state index in [9.17, 15) is 15.0 Å². The predicted octanol–water partition coefficient (Wildman–Crippen LogP) is 2.29. The van der Waals surface area contributed by atoms with Crippen molar-refractivity contribution in [2.24, 2.45) is 0 Å². The van der Waals surface area contributed by atoms with Crippen molar-refractivity contribution in [3.63, 3.8) is 0 Å². The summed E-state index contributed by atoms with van der Waals surface area (Å²) in [7, 11) is 3.10. The van der Waals surface area contributed by atoms with Crippen molar-refractivity contribution in [2.75, 3.05) is 34.0 Å². The van der Waals surface area contributed by atoms with Gasteiger partial charge in [0.2, 0.25) is 0 Å². The van der Waals surface area contributed by atoms with Crippen molar-refractivity contribution in [2.45, 2.75) is 19.1 Å². The Balaban J connectivity index is 2.04. The highest BCUT2D eigenvalue weighted by atomic mass is 16.5. The van der Waals surface area contributed by atoms with Gasteiger partial charge in [0.15, 0.2) is 11.5 Å². The summed E-state index contributed by atoms with van der Waals surface area (Å²) in [6.07, 6.45) is -0.576. The lowest BCUT2D eigenvalue weighted by Crippen LogP contribution is -2.49. The van der Waals surface area contributed by atoms with E-state index in [1.165, 1.54) is 0 Å². The minimum Gasteiger partial charge on any atom is -0.508 e.